The van der Waals surface area contributed by atoms with Crippen LogP contribution in [0.15, 0.2) is 70.3 Å². The van der Waals surface area contributed by atoms with Crippen molar-refractivity contribution in [3.63, 3.8) is 0 Å². The number of ether oxygens (including phenoxy) is 1. The van der Waals surface area contributed by atoms with Crippen molar-refractivity contribution in [2.24, 2.45) is 10.7 Å². The van der Waals surface area contributed by atoms with Crippen LogP contribution in [0.25, 0.3) is 21.2 Å². The number of anilines is 2. The minimum atomic E-state index is 0.325. The van der Waals surface area contributed by atoms with Gasteiger partial charge in [-0.3, -0.25) is 9.89 Å². The van der Waals surface area contributed by atoms with Gasteiger partial charge in [0.15, 0.2) is 0 Å². The Balaban J connectivity index is 1.56. The molecule has 1 saturated heterocycles. The number of nitrogens with two attached hydrogens (primary N) is 1. The quantitative estimate of drug-likeness (QED) is 0.289. The minimum Gasteiger partial charge on any atom is -0.495 e. The third-order valence-electron chi connectivity index (χ3n) is 6.09. The van der Waals surface area contributed by atoms with Crippen LogP contribution >= 0.6 is 11.3 Å². The lowest BCUT2D eigenvalue weighted by Crippen LogP contribution is -2.33. The molecule has 6 nitrogen and oxygen atoms in total. The van der Waals surface area contributed by atoms with Crippen LogP contribution in [0.4, 0.5) is 11.6 Å². The summed E-state index contributed by atoms with van der Waals surface area (Å²) in [4.78, 5) is 11.2. The van der Waals surface area contributed by atoms with E-state index in [-0.39, 0.29) is 0 Å². The summed E-state index contributed by atoms with van der Waals surface area (Å²) in [6, 6.07) is 18.6. The minimum absolute atomic E-state index is 0.325. The van der Waals surface area contributed by atoms with E-state index in [2.05, 4.69) is 34.2 Å². The molecule has 0 amide bonds. The SMILES string of the molecule is CN=C(N)N(c1cc(-c2ccc(CN3CCCC3)s2)ccc1OC)c1occ2ccccc12. The molecule has 5 rings (SSSR count). The Morgan fingerprint density at radius 2 is 1.97 bits per heavy atom. The van der Waals surface area contributed by atoms with Gasteiger partial charge >= 0.3 is 0 Å². The van der Waals surface area contributed by atoms with E-state index in [1.807, 2.05) is 46.6 Å². The topological polar surface area (TPSA) is 67.2 Å². The maximum atomic E-state index is 6.40. The van der Waals surface area contributed by atoms with Crippen molar-refractivity contribution in [3.05, 3.63) is 65.7 Å². The second kappa shape index (κ2) is 9.29. The van der Waals surface area contributed by atoms with Gasteiger partial charge in [-0.05, 0) is 67.9 Å². The van der Waals surface area contributed by atoms with E-state index in [1.54, 1.807) is 20.4 Å². The van der Waals surface area contributed by atoms with Gasteiger partial charge < -0.3 is 14.9 Å². The number of aliphatic imine (C=N–C) groups is 1. The Hall–Kier alpha value is -3.29. The molecule has 0 unspecified atom stereocenters. The number of furan rings is 1. The smallest absolute Gasteiger partial charge is 0.214 e. The fraction of sp³-hybridized carbons (Fsp3) is 0.269. The number of benzene rings is 2. The van der Waals surface area contributed by atoms with E-state index < -0.39 is 0 Å². The van der Waals surface area contributed by atoms with E-state index in [9.17, 15) is 0 Å². The van der Waals surface area contributed by atoms with Gasteiger partial charge in [-0.2, -0.15) is 0 Å². The molecule has 0 aliphatic carbocycles. The Morgan fingerprint density at radius 3 is 2.76 bits per heavy atom. The van der Waals surface area contributed by atoms with Gasteiger partial charge in [0.25, 0.3) is 0 Å². The molecule has 2 N–H and O–H groups in total. The third-order valence-corrected chi connectivity index (χ3v) is 7.21. The monoisotopic (exact) mass is 460 g/mol. The van der Waals surface area contributed by atoms with E-state index in [4.69, 9.17) is 14.9 Å². The summed E-state index contributed by atoms with van der Waals surface area (Å²) < 4.78 is 11.7. The fourth-order valence-electron chi connectivity index (χ4n) is 4.38. The highest BCUT2D eigenvalue weighted by atomic mass is 32.1. The average molecular weight is 461 g/mol. The molecule has 0 radical (unpaired) electrons. The Labute approximate surface area is 197 Å². The van der Waals surface area contributed by atoms with Crippen LogP contribution in [0.2, 0.25) is 0 Å². The first-order chi connectivity index (χ1) is 16.2. The molecule has 0 saturated carbocycles. The predicted octanol–water partition coefficient (Wildman–Crippen LogP) is 5.85. The van der Waals surface area contributed by atoms with Gasteiger partial charge in [0.1, 0.15) is 12.0 Å². The van der Waals surface area contributed by atoms with Crippen molar-refractivity contribution < 1.29 is 9.15 Å². The van der Waals surface area contributed by atoms with E-state index in [0.717, 1.165) is 28.6 Å². The van der Waals surface area contributed by atoms with Crippen LogP contribution in [0, 0.1) is 0 Å². The van der Waals surface area contributed by atoms with Crippen LogP contribution in [0.1, 0.15) is 17.7 Å². The zero-order valence-electron chi connectivity index (χ0n) is 19.0. The van der Waals surface area contributed by atoms with E-state index >= 15 is 0 Å². The fourth-order valence-corrected chi connectivity index (χ4v) is 5.43. The van der Waals surface area contributed by atoms with Gasteiger partial charge in [0.2, 0.25) is 11.8 Å². The van der Waals surface area contributed by atoms with Crippen LogP contribution in [-0.2, 0) is 6.54 Å². The number of thiophene rings is 1. The number of fused-ring (bicyclic) bond motifs is 1. The van der Waals surface area contributed by atoms with Gasteiger partial charge in [-0.1, -0.05) is 18.2 Å². The molecule has 0 spiro atoms. The van der Waals surface area contributed by atoms with Crippen molar-refractivity contribution in [2.45, 2.75) is 19.4 Å². The summed E-state index contributed by atoms with van der Waals surface area (Å²) in [5, 5.41) is 1.96. The van der Waals surface area contributed by atoms with Gasteiger partial charge in [0, 0.05) is 34.1 Å². The van der Waals surface area contributed by atoms with Crippen LogP contribution in [-0.4, -0.2) is 38.1 Å². The maximum Gasteiger partial charge on any atom is 0.214 e. The molecule has 2 aromatic carbocycles. The van der Waals surface area contributed by atoms with Crippen LogP contribution in [0.5, 0.6) is 5.75 Å². The van der Waals surface area contributed by atoms with E-state index in [0.29, 0.717) is 17.6 Å². The normalized spacial score (nSPS) is 14.8. The molecule has 1 aliphatic rings. The largest absolute Gasteiger partial charge is 0.495 e. The molecule has 7 heteroatoms. The second-order valence-corrected chi connectivity index (χ2v) is 9.35. The number of rotatable bonds is 6. The summed E-state index contributed by atoms with van der Waals surface area (Å²) in [5.41, 5.74) is 8.29. The molecule has 0 bridgehead atoms. The van der Waals surface area contributed by atoms with Crippen LogP contribution < -0.4 is 15.4 Å². The van der Waals surface area contributed by atoms with Crippen LogP contribution in [0.3, 0.4) is 0 Å². The van der Waals surface area contributed by atoms with Crippen molar-refractivity contribution in [3.8, 4) is 16.2 Å². The summed E-state index contributed by atoms with van der Waals surface area (Å²) >= 11 is 1.83. The molecule has 3 heterocycles. The molecule has 33 heavy (non-hydrogen) atoms. The maximum absolute atomic E-state index is 6.40. The highest BCUT2D eigenvalue weighted by Gasteiger charge is 2.24. The highest BCUT2D eigenvalue weighted by Crippen LogP contribution is 2.41. The van der Waals surface area contributed by atoms with Crippen molar-refractivity contribution in [1.82, 2.24) is 4.90 Å². The molecular weight excluding hydrogens is 432 g/mol. The van der Waals surface area contributed by atoms with Crippen molar-refractivity contribution in [1.29, 1.82) is 0 Å². The van der Waals surface area contributed by atoms with Gasteiger partial charge in [-0.25, -0.2) is 4.90 Å². The molecule has 4 aromatic rings. The molecule has 170 valence electrons. The summed E-state index contributed by atoms with van der Waals surface area (Å²) in [6.45, 7) is 3.41. The molecule has 1 aliphatic heterocycles. The summed E-state index contributed by atoms with van der Waals surface area (Å²) in [7, 11) is 3.34. The first kappa shape index (κ1) is 21.6. The average Bonchev–Trinajstić information content (AvgIpc) is 3.61. The number of methoxy groups -OCH3 is 1. The number of guanidine groups is 1. The molecule has 0 atom stereocenters. The number of likely N-dealkylation sites (tertiary alicyclic amines) is 1. The van der Waals surface area contributed by atoms with E-state index in [1.165, 1.54) is 35.7 Å². The number of hydrogen-bond acceptors (Lipinski definition) is 5. The summed E-state index contributed by atoms with van der Waals surface area (Å²) in [6.07, 6.45) is 4.34. The Kier molecular flexibility index (Phi) is 6.07. The first-order valence-corrected chi connectivity index (χ1v) is 12.0. The van der Waals surface area contributed by atoms with Gasteiger partial charge in [0.05, 0.1) is 12.8 Å². The molecular formula is C26H28N4O2S. The lowest BCUT2D eigenvalue weighted by atomic mass is 10.1. The third kappa shape index (κ3) is 4.21. The zero-order chi connectivity index (χ0) is 22.8. The zero-order valence-corrected chi connectivity index (χ0v) is 19.8. The second-order valence-electron chi connectivity index (χ2n) is 8.18. The van der Waals surface area contributed by atoms with Crippen molar-refractivity contribution >= 4 is 39.6 Å². The highest BCUT2D eigenvalue weighted by molar-refractivity contribution is 7.15. The lowest BCUT2D eigenvalue weighted by molar-refractivity contribution is 0.334. The predicted molar refractivity (Wildman–Crippen MR) is 137 cm³/mol. The van der Waals surface area contributed by atoms with Gasteiger partial charge in [-0.15, -0.1) is 11.3 Å². The Bertz CT molecular complexity index is 1290. The van der Waals surface area contributed by atoms with Crippen molar-refractivity contribution in [2.75, 3.05) is 32.1 Å². The molecule has 1 fully saturated rings. The number of hydrogen-bond donors (Lipinski definition) is 1. The first-order valence-electron chi connectivity index (χ1n) is 11.2. The number of nitrogens with zero attached hydrogens (tertiary/aromatic N) is 3. The Morgan fingerprint density at radius 1 is 1.15 bits per heavy atom. The standard InChI is InChI=1S/C26H28N4O2S/c1-28-26(27)30(25-21-8-4-3-7-19(21)17-32-25)22-15-18(9-11-23(22)31-2)24-12-10-20(33-24)16-29-13-5-6-14-29/h3-4,7-12,15,17H,5-6,13-14,16H2,1-2H3,(H2,27,28). The summed E-state index contributed by atoms with van der Waals surface area (Å²) in [5.74, 6) is 1.64. The molecule has 2 aromatic heterocycles. The lowest BCUT2D eigenvalue weighted by Gasteiger charge is -2.24.